The molecule has 0 bridgehead atoms. The van der Waals surface area contributed by atoms with E-state index in [0.29, 0.717) is 0 Å². The number of H-pyrrole nitrogens is 1. The molecule has 2 N–H and O–H groups in total. The van der Waals surface area contributed by atoms with Crippen LogP contribution >= 0.6 is 0 Å². The van der Waals surface area contributed by atoms with Crippen LogP contribution in [0.2, 0.25) is 0 Å². The molecule has 0 atom stereocenters. The predicted octanol–water partition coefficient (Wildman–Crippen LogP) is 1.25. The average Bonchev–Trinajstić information content (AvgIpc) is 2.39. The van der Waals surface area contributed by atoms with E-state index in [1.807, 2.05) is 19.1 Å². The highest BCUT2D eigenvalue weighted by Gasteiger charge is 2.12. The van der Waals surface area contributed by atoms with Crippen molar-refractivity contribution in [3.63, 3.8) is 0 Å². The Kier molecular flexibility index (Phi) is 2.80. The maximum absolute atomic E-state index is 12.1. The molecule has 0 spiro atoms. The third-order valence-corrected chi connectivity index (χ3v) is 3.44. The van der Waals surface area contributed by atoms with Crippen molar-refractivity contribution in [2.24, 2.45) is 0 Å². The number of aromatic nitrogens is 1. The van der Waals surface area contributed by atoms with Gasteiger partial charge in [-0.1, -0.05) is 17.7 Å². The predicted molar refractivity (Wildman–Crippen MR) is 74.4 cm³/mol. The van der Waals surface area contributed by atoms with Crippen molar-refractivity contribution in [1.29, 1.82) is 0 Å². The van der Waals surface area contributed by atoms with E-state index in [4.69, 9.17) is 0 Å². The second kappa shape index (κ2) is 4.46. The van der Waals surface area contributed by atoms with Gasteiger partial charge in [-0.3, -0.25) is 4.79 Å². The molecule has 4 nitrogen and oxygen atoms in total. The molecule has 0 radical (unpaired) electrons. The third-order valence-electron chi connectivity index (χ3n) is 3.44. The molecule has 1 aliphatic heterocycles. The van der Waals surface area contributed by atoms with Gasteiger partial charge in [0.2, 0.25) is 0 Å². The zero-order valence-electron chi connectivity index (χ0n) is 10.5. The minimum absolute atomic E-state index is 0.000956. The zero-order valence-corrected chi connectivity index (χ0v) is 10.5. The van der Waals surface area contributed by atoms with Gasteiger partial charge in [0.1, 0.15) is 5.82 Å². The van der Waals surface area contributed by atoms with E-state index in [0.717, 1.165) is 42.8 Å². The maximum Gasteiger partial charge on any atom is 0.257 e. The molecular formula is C14H17N3O. The first-order valence-corrected chi connectivity index (χ1v) is 6.33. The summed E-state index contributed by atoms with van der Waals surface area (Å²) in [5, 5.41) is 5.10. The van der Waals surface area contributed by atoms with Crippen LogP contribution in [0.1, 0.15) is 5.56 Å². The first-order valence-electron chi connectivity index (χ1n) is 6.33. The van der Waals surface area contributed by atoms with Crippen LogP contribution in [0.5, 0.6) is 0 Å². The summed E-state index contributed by atoms with van der Waals surface area (Å²) >= 11 is 0. The molecule has 18 heavy (non-hydrogen) atoms. The molecule has 3 rings (SSSR count). The lowest BCUT2D eigenvalue weighted by atomic mass is 10.1. The van der Waals surface area contributed by atoms with Crippen molar-refractivity contribution in [1.82, 2.24) is 10.3 Å². The van der Waals surface area contributed by atoms with Gasteiger partial charge in [-0.25, -0.2) is 0 Å². The molecule has 1 aromatic heterocycles. The van der Waals surface area contributed by atoms with Crippen molar-refractivity contribution < 1.29 is 0 Å². The quantitative estimate of drug-likeness (QED) is 0.792. The van der Waals surface area contributed by atoms with Crippen molar-refractivity contribution in [3.05, 3.63) is 40.2 Å². The highest BCUT2D eigenvalue weighted by Crippen LogP contribution is 2.18. The fourth-order valence-corrected chi connectivity index (χ4v) is 2.45. The van der Waals surface area contributed by atoms with Gasteiger partial charge in [0, 0.05) is 31.6 Å². The molecule has 0 amide bonds. The molecule has 1 aliphatic rings. The van der Waals surface area contributed by atoms with Crippen molar-refractivity contribution in [2.75, 3.05) is 31.1 Å². The standard InChI is InChI=1S/C14H17N3O/c1-10-2-3-12-11(8-10)9-13(16-14(12)18)17-6-4-15-5-7-17/h2-3,8-9,15H,4-7H2,1H3,(H,16,18). The van der Waals surface area contributed by atoms with Gasteiger partial charge < -0.3 is 15.2 Å². The summed E-state index contributed by atoms with van der Waals surface area (Å²) in [6, 6.07) is 8.01. The molecule has 1 fully saturated rings. The van der Waals surface area contributed by atoms with Gasteiger partial charge in [0.25, 0.3) is 5.56 Å². The van der Waals surface area contributed by atoms with Crippen LogP contribution in [-0.4, -0.2) is 31.2 Å². The van der Waals surface area contributed by atoms with E-state index in [1.54, 1.807) is 0 Å². The summed E-state index contributed by atoms with van der Waals surface area (Å²) in [6.07, 6.45) is 0. The Labute approximate surface area is 106 Å². The monoisotopic (exact) mass is 243 g/mol. The van der Waals surface area contributed by atoms with Crippen LogP contribution < -0.4 is 15.8 Å². The molecule has 1 saturated heterocycles. The van der Waals surface area contributed by atoms with Gasteiger partial charge in [-0.2, -0.15) is 0 Å². The largest absolute Gasteiger partial charge is 0.356 e. The van der Waals surface area contributed by atoms with Crippen molar-refractivity contribution >= 4 is 16.6 Å². The number of hydrogen-bond acceptors (Lipinski definition) is 3. The Bertz CT molecular complexity index is 626. The third kappa shape index (κ3) is 1.99. The molecule has 2 aromatic rings. The summed E-state index contributed by atoms with van der Waals surface area (Å²) in [5.41, 5.74) is 1.18. The van der Waals surface area contributed by atoms with Crippen molar-refractivity contribution in [2.45, 2.75) is 6.92 Å². The van der Waals surface area contributed by atoms with E-state index in [-0.39, 0.29) is 5.56 Å². The fraction of sp³-hybridized carbons (Fsp3) is 0.357. The maximum atomic E-state index is 12.1. The lowest BCUT2D eigenvalue weighted by Gasteiger charge is -2.29. The fourth-order valence-electron chi connectivity index (χ4n) is 2.45. The highest BCUT2D eigenvalue weighted by atomic mass is 16.1. The number of nitrogens with one attached hydrogen (secondary N) is 2. The topological polar surface area (TPSA) is 48.1 Å². The number of pyridine rings is 1. The van der Waals surface area contributed by atoms with E-state index in [2.05, 4.69) is 27.3 Å². The van der Waals surface area contributed by atoms with Gasteiger partial charge in [0.05, 0.1) is 0 Å². The van der Waals surface area contributed by atoms with Crippen LogP contribution in [0.4, 0.5) is 5.82 Å². The van der Waals surface area contributed by atoms with E-state index in [9.17, 15) is 4.79 Å². The molecule has 0 saturated carbocycles. The van der Waals surface area contributed by atoms with Crippen LogP contribution in [-0.2, 0) is 0 Å². The second-order valence-electron chi connectivity index (χ2n) is 4.81. The number of nitrogens with zero attached hydrogens (tertiary/aromatic N) is 1. The number of fused-ring (bicyclic) bond motifs is 1. The molecule has 0 unspecified atom stereocenters. The summed E-state index contributed by atoms with van der Waals surface area (Å²) < 4.78 is 0. The summed E-state index contributed by atoms with van der Waals surface area (Å²) in [5.74, 6) is 0.930. The van der Waals surface area contributed by atoms with Crippen molar-refractivity contribution in [3.8, 4) is 0 Å². The summed E-state index contributed by atoms with van der Waals surface area (Å²) in [7, 11) is 0. The SMILES string of the molecule is Cc1ccc2c(=O)[nH]c(N3CCNCC3)cc2c1. The highest BCUT2D eigenvalue weighted by molar-refractivity contribution is 5.84. The van der Waals surface area contributed by atoms with Crippen LogP contribution in [0.25, 0.3) is 10.8 Å². The Hall–Kier alpha value is -1.81. The second-order valence-corrected chi connectivity index (χ2v) is 4.81. The van der Waals surface area contributed by atoms with Gasteiger partial charge >= 0.3 is 0 Å². The van der Waals surface area contributed by atoms with E-state index < -0.39 is 0 Å². The van der Waals surface area contributed by atoms with Gasteiger partial charge in [-0.15, -0.1) is 0 Å². The van der Waals surface area contributed by atoms with Crippen LogP contribution in [0.15, 0.2) is 29.1 Å². The lowest BCUT2D eigenvalue weighted by Crippen LogP contribution is -2.44. The molecular weight excluding hydrogens is 226 g/mol. The number of hydrogen-bond donors (Lipinski definition) is 2. The zero-order chi connectivity index (χ0) is 12.5. The van der Waals surface area contributed by atoms with Crippen LogP contribution in [0.3, 0.4) is 0 Å². The minimum Gasteiger partial charge on any atom is -0.356 e. The normalized spacial score (nSPS) is 16.2. The Morgan fingerprint density at radius 2 is 1.94 bits per heavy atom. The molecule has 4 heteroatoms. The minimum atomic E-state index is 0.000956. The lowest BCUT2D eigenvalue weighted by molar-refractivity contribution is 0.585. The van der Waals surface area contributed by atoms with Gasteiger partial charge in [0.15, 0.2) is 0 Å². The number of aromatic amines is 1. The molecule has 2 heterocycles. The first-order chi connectivity index (χ1) is 8.74. The number of benzene rings is 1. The Morgan fingerprint density at radius 1 is 1.17 bits per heavy atom. The molecule has 1 aromatic carbocycles. The number of aryl methyl sites for hydroxylation is 1. The molecule has 94 valence electrons. The molecule has 0 aliphatic carbocycles. The number of anilines is 1. The number of rotatable bonds is 1. The van der Waals surface area contributed by atoms with Crippen LogP contribution in [0, 0.1) is 6.92 Å². The van der Waals surface area contributed by atoms with Gasteiger partial charge in [-0.05, 0) is 24.4 Å². The number of piperazine rings is 1. The first kappa shape index (κ1) is 11.3. The average molecular weight is 243 g/mol. The van der Waals surface area contributed by atoms with E-state index >= 15 is 0 Å². The Morgan fingerprint density at radius 3 is 2.72 bits per heavy atom. The Balaban J connectivity index is 2.10. The smallest absolute Gasteiger partial charge is 0.257 e. The summed E-state index contributed by atoms with van der Waals surface area (Å²) in [4.78, 5) is 17.3. The summed E-state index contributed by atoms with van der Waals surface area (Å²) in [6.45, 7) is 5.85. The van der Waals surface area contributed by atoms with E-state index in [1.165, 1.54) is 5.56 Å².